The lowest BCUT2D eigenvalue weighted by atomic mass is 10.1. The van der Waals surface area contributed by atoms with Crippen LogP contribution in [0.15, 0.2) is 18.2 Å². The van der Waals surface area contributed by atoms with Crippen molar-refractivity contribution in [3.8, 4) is 17.2 Å². The number of methoxy groups -OCH3 is 2. The average Bonchev–Trinajstić information content (AvgIpc) is 2.46. The first-order valence-corrected chi connectivity index (χ1v) is 6.39. The molecule has 0 saturated heterocycles. The molecule has 0 N–H and O–H groups in total. The number of esters is 1. The molecular weight excluding hydrogens is 260 g/mol. The third-order valence-electron chi connectivity index (χ3n) is 2.47. The van der Waals surface area contributed by atoms with Gasteiger partial charge in [-0.15, -0.1) is 0 Å². The van der Waals surface area contributed by atoms with Gasteiger partial charge in [-0.3, -0.25) is 0 Å². The molecule has 20 heavy (non-hydrogen) atoms. The monoisotopic (exact) mass is 280 g/mol. The Morgan fingerprint density at radius 3 is 2.15 bits per heavy atom. The van der Waals surface area contributed by atoms with E-state index >= 15 is 0 Å². The van der Waals surface area contributed by atoms with Crippen LogP contribution < -0.4 is 14.2 Å². The Kier molecular flexibility index (Phi) is 6.43. The van der Waals surface area contributed by atoms with E-state index < -0.39 is 0 Å². The van der Waals surface area contributed by atoms with E-state index in [2.05, 4.69) is 0 Å². The molecule has 0 aromatic heterocycles. The Balaban J connectivity index is 3.07. The summed E-state index contributed by atoms with van der Waals surface area (Å²) in [6, 6.07) is 3.53. The van der Waals surface area contributed by atoms with E-state index in [1.807, 2.05) is 6.92 Å². The quantitative estimate of drug-likeness (QED) is 0.568. The van der Waals surface area contributed by atoms with E-state index in [1.165, 1.54) is 6.08 Å². The Bertz CT molecular complexity index is 454. The van der Waals surface area contributed by atoms with Crippen LogP contribution in [0.1, 0.15) is 19.4 Å². The number of rotatable bonds is 7. The maximum atomic E-state index is 11.3. The van der Waals surface area contributed by atoms with Crippen molar-refractivity contribution < 1.29 is 23.7 Å². The lowest BCUT2D eigenvalue weighted by molar-refractivity contribution is -0.137. The second-order valence-electron chi connectivity index (χ2n) is 3.77. The van der Waals surface area contributed by atoms with Crippen molar-refractivity contribution >= 4 is 12.0 Å². The van der Waals surface area contributed by atoms with Gasteiger partial charge in [0.15, 0.2) is 11.5 Å². The Morgan fingerprint density at radius 1 is 1.10 bits per heavy atom. The summed E-state index contributed by atoms with van der Waals surface area (Å²) in [5, 5.41) is 0. The van der Waals surface area contributed by atoms with Crippen LogP contribution in [-0.4, -0.2) is 33.4 Å². The topological polar surface area (TPSA) is 54.0 Å². The number of ether oxygens (including phenoxy) is 4. The van der Waals surface area contributed by atoms with Crippen LogP contribution in [0.2, 0.25) is 0 Å². The van der Waals surface area contributed by atoms with Crippen LogP contribution in [0, 0.1) is 0 Å². The molecule has 0 aliphatic heterocycles. The third-order valence-corrected chi connectivity index (χ3v) is 2.47. The molecule has 0 atom stereocenters. The lowest BCUT2D eigenvalue weighted by Crippen LogP contribution is -2.00. The molecular formula is C15H20O5. The minimum absolute atomic E-state index is 0.346. The summed E-state index contributed by atoms with van der Waals surface area (Å²) >= 11 is 0. The summed E-state index contributed by atoms with van der Waals surface area (Å²) in [6.07, 6.45) is 3.00. The molecule has 5 heteroatoms. The van der Waals surface area contributed by atoms with E-state index in [4.69, 9.17) is 18.9 Å². The normalized spacial score (nSPS) is 10.4. The number of carbonyl (C=O) groups is 1. The fourth-order valence-electron chi connectivity index (χ4n) is 1.64. The minimum atomic E-state index is -0.390. The van der Waals surface area contributed by atoms with Crippen molar-refractivity contribution in [3.05, 3.63) is 23.8 Å². The van der Waals surface area contributed by atoms with Crippen LogP contribution in [0.4, 0.5) is 0 Å². The molecule has 0 saturated carbocycles. The molecule has 110 valence electrons. The van der Waals surface area contributed by atoms with Gasteiger partial charge in [-0.1, -0.05) is 0 Å². The molecule has 1 rings (SSSR count). The van der Waals surface area contributed by atoms with Crippen molar-refractivity contribution in [3.63, 3.8) is 0 Å². The van der Waals surface area contributed by atoms with Crippen LogP contribution >= 0.6 is 0 Å². The predicted molar refractivity (Wildman–Crippen MR) is 76.4 cm³/mol. The highest BCUT2D eigenvalue weighted by Gasteiger charge is 2.12. The third kappa shape index (κ3) is 4.19. The maximum Gasteiger partial charge on any atom is 0.330 e. The molecule has 0 heterocycles. The van der Waals surface area contributed by atoms with Crippen LogP contribution in [-0.2, 0) is 9.53 Å². The molecule has 0 radical (unpaired) electrons. The van der Waals surface area contributed by atoms with Crippen LogP contribution in [0.3, 0.4) is 0 Å². The van der Waals surface area contributed by atoms with Gasteiger partial charge < -0.3 is 18.9 Å². The molecule has 0 amide bonds. The summed E-state index contributed by atoms with van der Waals surface area (Å²) in [6.45, 7) is 4.49. The molecule has 0 unspecified atom stereocenters. The van der Waals surface area contributed by atoms with Crippen molar-refractivity contribution in [2.24, 2.45) is 0 Å². The molecule has 1 aromatic carbocycles. The standard InChI is InChI=1S/C15H20O5/c1-5-19-14(16)8-7-11-9-12(17-3)15(20-6-2)13(10-11)18-4/h7-10H,5-6H2,1-4H3. The Hall–Kier alpha value is -2.17. The van der Waals surface area contributed by atoms with E-state index in [0.717, 1.165) is 5.56 Å². The fourth-order valence-corrected chi connectivity index (χ4v) is 1.64. The van der Waals surface area contributed by atoms with Crippen molar-refractivity contribution in [1.82, 2.24) is 0 Å². The Morgan fingerprint density at radius 2 is 1.70 bits per heavy atom. The number of benzene rings is 1. The highest BCUT2D eigenvalue weighted by atomic mass is 16.5. The van der Waals surface area contributed by atoms with Gasteiger partial charge in [-0.25, -0.2) is 4.79 Å². The number of hydrogen-bond donors (Lipinski definition) is 0. The summed E-state index contributed by atoms with van der Waals surface area (Å²) < 4.78 is 20.9. The van der Waals surface area contributed by atoms with Gasteiger partial charge in [0.05, 0.1) is 27.4 Å². The zero-order valence-electron chi connectivity index (χ0n) is 12.3. The minimum Gasteiger partial charge on any atom is -0.493 e. The van der Waals surface area contributed by atoms with E-state index in [-0.39, 0.29) is 5.97 Å². The smallest absolute Gasteiger partial charge is 0.330 e. The lowest BCUT2D eigenvalue weighted by Gasteiger charge is -2.14. The molecule has 0 aliphatic carbocycles. The predicted octanol–water partition coefficient (Wildman–Crippen LogP) is 2.68. The zero-order valence-corrected chi connectivity index (χ0v) is 12.3. The molecule has 0 bridgehead atoms. The first kappa shape index (κ1) is 15.9. The summed E-state index contributed by atoms with van der Waals surface area (Å²) in [5.41, 5.74) is 0.759. The van der Waals surface area contributed by atoms with Gasteiger partial charge in [0.1, 0.15) is 0 Å². The van der Waals surface area contributed by atoms with Crippen molar-refractivity contribution in [1.29, 1.82) is 0 Å². The highest BCUT2D eigenvalue weighted by molar-refractivity contribution is 5.87. The molecule has 0 spiro atoms. The van der Waals surface area contributed by atoms with E-state index in [0.29, 0.717) is 30.5 Å². The van der Waals surface area contributed by atoms with Gasteiger partial charge in [-0.2, -0.15) is 0 Å². The second kappa shape index (κ2) is 8.09. The van der Waals surface area contributed by atoms with Gasteiger partial charge in [0.25, 0.3) is 0 Å². The first-order valence-electron chi connectivity index (χ1n) is 6.39. The number of hydrogen-bond acceptors (Lipinski definition) is 5. The number of carbonyl (C=O) groups excluding carboxylic acids is 1. The SMILES string of the molecule is CCOC(=O)C=Cc1cc(OC)c(OCC)c(OC)c1. The average molecular weight is 280 g/mol. The molecule has 1 aromatic rings. The van der Waals surface area contributed by atoms with Gasteiger partial charge in [0, 0.05) is 6.08 Å². The van der Waals surface area contributed by atoms with Crippen LogP contribution in [0.5, 0.6) is 17.2 Å². The van der Waals surface area contributed by atoms with Crippen molar-refractivity contribution in [2.45, 2.75) is 13.8 Å². The molecule has 5 nitrogen and oxygen atoms in total. The van der Waals surface area contributed by atoms with Crippen molar-refractivity contribution in [2.75, 3.05) is 27.4 Å². The largest absolute Gasteiger partial charge is 0.493 e. The van der Waals surface area contributed by atoms with Gasteiger partial charge >= 0.3 is 5.97 Å². The van der Waals surface area contributed by atoms with E-state index in [1.54, 1.807) is 39.4 Å². The molecule has 0 aliphatic rings. The molecule has 0 fully saturated rings. The van der Waals surface area contributed by atoms with Gasteiger partial charge in [0.2, 0.25) is 5.75 Å². The summed E-state index contributed by atoms with van der Waals surface area (Å²) in [5.74, 6) is 1.26. The van der Waals surface area contributed by atoms with E-state index in [9.17, 15) is 4.79 Å². The summed E-state index contributed by atoms with van der Waals surface area (Å²) in [7, 11) is 3.10. The zero-order chi connectivity index (χ0) is 15.0. The summed E-state index contributed by atoms with van der Waals surface area (Å²) in [4.78, 5) is 11.3. The fraction of sp³-hybridized carbons (Fsp3) is 0.400. The van der Waals surface area contributed by atoms with Crippen LogP contribution in [0.25, 0.3) is 6.08 Å². The Labute approximate surface area is 119 Å². The second-order valence-corrected chi connectivity index (χ2v) is 3.77. The maximum absolute atomic E-state index is 11.3. The highest BCUT2D eigenvalue weighted by Crippen LogP contribution is 2.38. The first-order chi connectivity index (χ1) is 9.65. The van der Waals surface area contributed by atoms with Gasteiger partial charge in [-0.05, 0) is 37.6 Å².